The zero-order chi connectivity index (χ0) is 25.2. The number of halogens is 3. The van der Waals surface area contributed by atoms with E-state index in [4.69, 9.17) is 9.97 Å². The van der Waals surface area contributed by atoms with Crippen molar-refractivity contribution in [3.05, 3.63) is 53.2 Å². The maximum Gasteiger partial charge on any atom is 0.433 e. The highest BCUT2D eigenvalue weighted by Crippen LogP contribution is 2.55. The van der Waals surface area contributed by atoms with Crippen molar-refractivity contribution >= 4 is 23.4 Å². The smallest absolute Gasteiger partial charge is 0.350 e. The van der Waals surface area contributed by atoms with Crippen LogP contribution in [-0.4, -0.2) is 50.3 Å². The van der Waals surface area contributed by atoms with Crippen LogP contribution in [0.25, 0.3) is 0 Å². The Hall–Kier alpha value is -3.70. The highest BCUT2D eigenvalue weighted by atomic mass is 19.4. The Bertz CT molecular complexity index is 1330. The summed E-state index contributed by atoms with van der Waals surface area (Å²) < 4.78 is 39.8. The number of alkyl halides is 3. The first kappa shape index (κ1) is 22.7. The summed E-state index contributed by atoms with van der Waals surface area (Å²) in [6, 6.07) is 2.08. The number of hydrogen-bond acceptors (Lipinski definition) is 7. The fourth-order valence-electron chi connectivity index (χ4n) is 4.95. The lowest BCUT2D eigenvalue weighted by Crippen LogP contribution is -2.54. The molecule has 0 aromatic carbocycles. The van der Waals surface area contributed by atoms with Gasteiger partial charge in [0.15, 0.2) is 5.82 Å². The van der Waals surface area contributed by atoms with Crippen molar-refractivity contribution < 1.29 is 18.0 Å². The third kappa shape index (κ3) is 3.94. The minimum absolute atomic E-state index is 0.0946. The van der Waals surface area contributed by atoms with Gasteiger partial charge >= 0.3 is 6.18 Å². The van der Waals surface area contributed by atoms with E-state index in [0.29, 0.717) is 24.6 Å². The molecule has 1 amide bonds. The molecule has 1 fully saturated rings. The van der Waals surface area contributed by atoms with Crippen molar-refractivity contribution in [2.45, 2.75) is 51.5 Å². The van der Waals surface area contributed by atoms with Gasteiger partial charge in [-0.15, -0.1) is 0 Å². The van der Waals surface area contributed by atoms with Gasteiger partial charge in [-0.3, -0.25) is 14.5 Å². The molecule has 1 saturated carbocycles. The first-order valence-corrected chi connectivity index (χ1v) is 11.8. The third-order valence-corrected chi connectivity index (χ3v) is 7.34. The molecule has 9 nitrogen and oxygen atoms in total. The average molecular weight is 499 g/mol. The molecule has 0 bridgehead atoms. The Morgan fingerprint density at radius 1 is 1.17 bits per heavy atom. The van der Waals surface area contributed by atoms with Crippen molar-refractivity contribution in [2.24, 2.45) is 5.41 Å². The molecule has 2 aliphatic heterocycles. The van der Waals surface area contributed by atoms with Gasteiger partial charge in [0, 0.05) is 38.1 Å². The van der Waals surface area contributed by atoms with Crippen LogP contribution in [0.15, 0.2) is 30.7 Å². The lowest BCUT2D eigenvalue weighted by Gasteiger charge is -2.43. The summed E-state index contributed by atoms with van der Waals surface area (Å²) in [6.07, 6.45) is 3.33. The second kappa shape index (κ2) is 7.90. The number of amides is 1. The molecule has 3 aromatic rings. The van der Waals surface area contributed by atoms with Gasteiger partial charge < -0.3 is 15.1 Å². The molecule has 1 atom stereocenters. The van der Waals surface area contributed by atoms with Crippen LogP contribution >= 0.6 is 0 Å². The number of carbonyl (C=O) groups is 1. The Labute approximate surface area is 205 Å². The van der Waals surface area contributed by atoms with E-state index in [1.54, 1.807) is 10.9 Å². The van der Waals surface area contributed by atoms with Gasteiger partial charge in [-0.25, -0.2) is 4.98 Å². The number of hydrogen-bond donors (Lipinski definition) is 1. The minimum Gasteiger partial charge on any atom is -0.350 e. The first-order chi connectivity index (χ1) is 17.1. The van der Waals surface area contributed by atoms with E-state index in [1.807, 2.05) is 30.0 Å². The molecule has 5 heterocycles. The average Bonchev–Trinajstić information content (AvgIpc) is 3.43. The van der Waals surface area contributed by atoms with Gasteiger partial charge in [0.05, 0.1) is 18.4 Å². The quantitative estimate of drug-likeness (QED) is 0.577. The van der Waals surface area contributed by atoms with Gasteiger partial charge in [0.25, 0.3) is 0 Å². The molecule has 1 spiro atoms. The van der Waals surface area contributed by atoms with E-state index in [-0.39, 0.29) is 17.4 Å². The van der Waals surface area contributed by atoms with Crippen LogP contribution in [0.5, 0.6) is 0 Å². The van der Waals surface area contributed by atoms with Crippen molar-refractivity contribution in [1.82, 2.24) is 24.7 Å². The zero-order valence-electron chi connectivity index (χ0n) is 19.9. The fourth-order valence-corrected chi connectivity index (χ4v) is 4.95. The number of pyridine rings is 1. The lowest BCUT2D eigenvalue weighted by atomic mass is 9.91. The summed E-state index contributed by atoms with van der Waals surface area (Å²) >= 11 is 0. The van der Waals surface area contributed by atoms with Crippen LogP contribution in [0.3, 0.4) is 0 Å². The van der Waals surface area contributed by atoms with Crippen LogP contribution in [0.1, 0.15) is 42.3 Å². The van der Waals surface area contributed by atoms with Gasteiger partial charge in [-0.1, -0.05) is 6.07 Å². The topological polar surface area (TPSA) is 92.1 Å². The van der Waals surface area contributed by atoms with Gasteiger partial charge in [0.2, 0.25) is 11.9 Å². The second-order valence-corrected chi connectivity index (χ2v) is 10.0. The number of likely N-dealkylation sites (N-methyl/N-ethyl adjacent to an activating group) is 1. The standard InChI is InChI=1S/C24H25F3N8O/c1-14-21(36)35-13-23(5-6-23)7-17-19(35)20(33(14)2)32-22(31-17)29-9-16-10-30-34(12-16)11-15-3-4-18(28-8-15)24(25,26)27/h3-4,8,10,12,14H,5-7,9,11,13H2,1-2H3,(H,29,31,32). The predicted molar refractivity (Wildman–Crippen MR) is 126 cm³/mol. The van der Waals surface area contributed by atoms with E-state index < -0.39 is 11.9 Å². The Morgan fingerprint density at radius 2 is 1.97 bits per heavy atom. The van der Waals surface area contributed by atoms with Crippen molar-refractivity contribution in [2.75, 3.05) is 28.7 Å². The van der Waals surface area contributed by atoms with E-state index in [1.165, 1.54) is 12.3 Å². The van der Waals surface area contributed by atoms with Crippen LogP contribution in [-0.2, 0) is 30.5 Å². The summed E-state index contributed by atoms with van der Waals surface area (Å²) in [5, 5.41) is 7.59. The molecule has 3 aromatic heterocycles. The van der Waals surface area contributed by atoms with Crippen molar-refractivity contribution in [3.63, 3.8) is 0 Å². The lowest BCUT2D eigenvalue weighted by molar-refractivity contribution is -0.141. The van der Waals surface area contributed by atoms with Gasteiger partial charge in [-0.2, -0.15) is 23.3 Å². The maximum absolute atomic E-state index is 13.0. The minimum atomic E-state index is -4.46. The van der Waals surface area contributed by atoms with Crippen LogP contribution < -0.4 is 15.1 Å². The predicted octanol–water partition coefficient (Wildman–Crippen LogP) is 3.25. The highest BCUT2D eigenvalue weighted by molar-refractivity contribution is 6.05. The molecule has 1 aliphatic carbocycles. The molecular weight excluding hydrogens is 473 g/mol. The van der Waals surface area contributed by atoms with Crippen LogP contribution in [0.2, 0.25) is 0 Å². The number of anilines is 3. The van der Waals surface area contributed by atoms with E-state index >= 15 is 0 Å². The number of carbonyl (C=O) groups excluding carboxylic acids is 1. The monoisotopic (exact) mass is 498 g/mol. The fraction of sp³-hybridized carbons (Fsp3) is 0.458. The normalized spacial score (nSPS) is 20.0. The third-order valence-electron chi connectivity index (χ3n) is 7.34. The molecule has 1 unspecified atom stereocenters. The van der Waals surface area contributed by atoms with E-state index in [2.05, 4.69) is 15.4 Å². The summed E-state index contributed by atoms with van der Waals surface area (Å²) in [5.41, 5.74) is 2.47. The second-order valence-electron chi connectivity index (χ2n) is 10.0. The van der Waals surface area contributed by atoms with Crippen molar-refractivity contribution in [3.8, 4) is 0 Å². The van der Waals surface area contributed by atoms with Gasteiger partial charge in [-0.05, 0) is 43.2 Å². The van der Waals surface area contributed by atoms with Crippen LogP contribution in [0.4, 0.5) is 30.6 Å². The number of aromatic nitrogens is 5. The summed E-state index contributed by atoms with van der Waals surface area (Å²) in [4.78, 5) is 29.8. The van der Waals surface area contributed by atoms with E-state index in [9.17, 15) is 18.0 Å². The van der Waals surface area contributed by atoms with Crippen molar-refractivity contribution in [1.29, 1.82) is 0 Å². The Balaban J connectivity index is 1.18. The maximum atomic E-state index is 13.0. The molecule has 3 aliphatic rings. The molecule has 0 radical (unpaired) electrons. The largest absolute Gasteiger partial charge is 0.433 e. The molecule has 188 valence electrons. The number of rotatable bonds is 5. The summed E-state index contributed by atoms with van der Waals surface area (Å²) in [7, 11) is 1.88. The SMILES string of the molecule is CC1C(=O)N2CC3(CC3)Cc3nc(NCc4cnn(Cc5ccc(C(F)(F)F)nc5)c4)nc(c32)N1C. The molecule has 12 heteroatoms. The summed E-state index contributed by atoms with van der Waals surface area (Å²) in [6.45, 7) is 3.37. The summed E-state index contributed by atoms with van der Waals surface area (Å²) in [5.74, 6) is 1.35. The first-order valence-electron chi connectivity index (χ1n) is 11.8. The number of nitrogens with zero attached hydrogens (tertiary/aromatic N) is 7. The Kier molecular flexibility index (Phi) is 4.99. The molecule has 1 N–H and O–H groups in total. The van der Waals surface area contributed by atoms with E-state index in [0.717, 1.165) is 54.6 Å². The Morgan fingerprint density at radius 3 is 2.67 bits per heavy atom. The van der Waals surface area contributed by atoms with Crippen LogP contribution in [0, 0.1) is 5.41 Å². The zero-order valence-corrected chi connectivity index (χ0v) is 19.9. The van der Waals surface area contributed by atoms with Gasteiger partial charge in [0.1, 0.15) is 17.4 Å². The highest BCUT2D eigenvalue weighted by Gasteiger charge is 2.52. The molecular formula is C24H25F3N8O. The molecule has 6 rings (SSSR count). The molecule has 36 heavy (non-hydrogen) atoms. The number of nitrogens with one attached hydrogen (secondary N) is 1. The molecule has 0 saturated heterocycles.